The lowest BCUT2D eigenvalue weighted by molar-refractivity contribution is 0.242. The van der Waals surface area contributed by atoms with Crippen molar-refractivity contribution >= 4 is 0 Å². The molecule has 0 aromatic carbocycles. The third-order valence-electron chi connectivity index (χ3n) is 6.60. The Morgan fingerprint density at radius 2 is 0.875 bits per heavy atom. The van der Waals surface area contributed by atoms with E-state index in [9.17, 15) is 0 Å². The molecule has 0 unspecified atom stereocenters. The molecule has 0 atom stereocenters. The quantitative estimate of drug-likeness (QED) is 0.249. The minimum Gasteiger partial charge on any atom is -0.307 e. The standard InChI is InChI=1S/C11H24.C8H18.C6H14.C5H13N.CH4/c1-5-8-11(4,9-6-2)10-7-3;1-4-6-8(3)7-5-2;2*1-4-6(3)5-2;/h5-10H2,1-4H3;8H,4-7H2,1-3H3;6H,4-5H2,1-3H3;4-5H2,1-3H3;1H4. The summed E-state index contributed by atoms with van der Waals surface area (Å²) in [6.45, 7) is 29.6. The highest BCUT2D eigenvalue weighted by atomic mass is 15.1. The maximum atomic E-state index is 2.45. The molecule has 0 aliphatic rings. The summed E-state index contributed by atoms with van der Waals surface area (Å²) in [5, 5.41) is 0. The summed E-state index contributed by atoms with van der Waals surface area (Å²) in [7, 11) is 2.11. The largest absolute Gasteiger partial charge is 0.307 e. The fourth-order valence-corrected chi connectivity index (χ4v) is 3.83. The van der Waals surface area contributed by atoms with E-state index < -0.39 is 0 Å². The van der Waals surface area contributed by atoms with Gasteiger partial charge in [0, 0.05) is 0 Å². The van der Waals surface area contributed by atoms with Crippen molar-refractivity contribution in [2.24, 2.45) is 17.3 Å². The molecule has 1 heteroatoms. The van der Waals surface area contributed by atoms with Gasteiger partial charge in [-0.25, -0.2) is 0 Å². The highest BCUT2D eigenvalue weighted by molar-refractivity contribution is 4.72. The smallest absolute Gasteiger partial charge is 0.00504 e. The summed E-state index contributed by atoms with van der Waals surface area (Å²) in [6.07, 6.45) is 16.4. The van der Waals surface area contributed by atoms with Crippen LogP contribution in [0.25, 0.3) is 0 Å². The van der Waals surface area contributed by atoms with Crippen LogP contribution in [0.5, 0.6) is 0 Å². The molecule has 0 saturated carbocycles. The minimum absolute atomic E-state index is 0. The predicted molar refractivity (Wildman–Crippen MR) is 157 cm³/mol. The maximum absolute atomic E-state index is 2.45. The Hall–Kier alpha value is -0.0400. The van der Waals surface area contributed by atoms with Crippen LogP contribution in [0.4, 0.5) is 0 Å². The van der Waals surface area contributed by atoms with Gasteiger partial charge < -0.3 is 4.90 Å². The van der Waals surface area contributed by atoms with Gasteiger partial charge >= 0.3 is 0 Å². The van der Waals surface area contributed by atoms with Crippen molar-refractivity contribution in [1.82, 2.24) is 4.90 Å². The molecule has 0 bridgehead atoms. The molecule has 0 saturated heterocycles. The molecule has 0 heterocycles. The monoisotopic (exact) mass is 460 g/mol. The van der Waals surface area contributed by atoms with Crippen molar-refractivity contribution in [2.75, 3.05) is 20.1 Å². The van der Waals surface area contributed by atoms with Crippen molar-refractivity contribution in [1.29, 1.82) is 0 Å². The molecule has 0 spiro atoms. The Balaban J connectivity index is -0.000000104. The first-order valence-corrected chi connectivity index (χ1v) is 14.3. The first kappa shape index (κ1) is 42.1. The van der Waals surface area contributed by atoms with Gasteiger partial charge in [0.25, 0.3) is 0 Å². The van der Waals surface area contributed by atoms with Crippen molar-refractivity contribution in [3.8, 4) is 0 Å². The van der Waals surface area contributed by atoms with E-state index in [4.69, 9.17) is 0 Å². The zero-order valence-corrected chi connectivity index (χ0v) is 25.0. The lowest BCUT2D eigenvalue weighted by atomic mass is 9.78. The Morgan fingerprint density at radius 3 is 1.00 bits per heavy atom. The summed E-state index contributed by atoms with van der Waals surface area (Å²) in [6, 6.07) is 0. The van der Waals surface area contributed by atoms with Crippen molar-refractivity contribution in [3.63, 3.8) is 0 Å². The van der Waals surface area contributed by atoms with Gasteiger partial charge in [-0.2, -0.15) is 0 Å². The second kappa shape index (κ2) is 33.1. The fourth-order valence-electron chi connectivity index (χ4n) is 3.83. The molecule has 1 nitrogen and oxygen atoms in total. The zero-order chi connectivity index (χ0) is 25.1. The molecule has 202 valence electrons. The lowest BCUT2D eigenvalue weighted by Crippen LogP contribution is -2.15. The van der Waals surface area contributed by atoms with Gasteiger partial charge in [0.2, 0.25) is 0 Å². The normalized spacial score (nSPS) is 10.5. The number of rotatable bonds is 14. The first-order chi connectivity index (χ1) is 14.6. The van der Waals surface area contributed by atoms with Gasteiger partial charge in [-0.3, -0.25) is 0 Å². The molecule has 0 fully saturated rings. The van der Waals surface area contributed by atoms with E-state index in [1.54, 1.807) is 0 Å². The van der Waals surface area contributed by atoms with Crippen LogP contribution in [0.15, 0.2) is 0 Å². The van der Waals surface area contributed by atoms with E-state index in [0.29, 0.717) is 5.41 Å². The number of hydrogen-bond donors (Lipinski definition) is 0. The second-order valence-electron chi connectivity index (χ2n) is 10.2. The molecule has 0 aromatic rings. The van der Waals surface area contributed by atoms with E-state index in [0.717, 1.165) is 24.9 Å². The molecule has 0 amide bonds. The summed E-state index contributed by atoms with van der Waals surface area (Å²) >= 11 is 0. The Kier molecular flexibility index (Phi) is 43.6. The van der Waals surface area contributed by atoms with Crippen molar-refractivity contribution < 1.29 is 0 Å². The van der Waals surface area contributed by atoms with Crippen LogP contribution < -0.4 is 0 Å². The van der Waals surface area contributed by atoms with Gasteiger partial charge in [-0.15, -0.1) is 0 Å². The minimum atomic E-state index is 0. The van der Waals surface area contributed by atoms with Crippen LogP contribution in [-0.2, 0) is 0 Å². The predicted octanol–water partition coefficient (Wildman–Crippen LogP) is 11.7. The highest BCUT2D eigenvalue weighted by Crippen LogP contribution is 2.33. The molecule has 0 rings (SSSR count). The third-order valence-corrected chi connectivity index (χ3v) is 6.60. The summed E-state index contributed by atoms with van der Waals surface area (Å²) in [4.78, 5) is 2.25. The van der Waals surface area contributed by atoms with Gasteiger partial charge in [0.1, 0.15) is 0 Å². The van der Waals surface area contributed by atoms with Gasteiger partial charge in [-0.05, 0) is 56.7 Å². The highest BCUT2D eigenvalue weighted by Gasteiger charge is 2.20. The molecular weight excluding hydrogens is 386 g/mol. The van der Waals surface area contributed by atoms with E-state index >= 15 is 0 Å². The molecule has 0 N–H and O–H groups in total. The SMILES string of the molecule is C.CCC(C)CC.CCCC(C)(CCC)CCC.CCCC(C)CCC.CCN(C)CC. The average molecular weight is 460 g/mol. The number of hydrogen-bond acceptors (Lipinski definition) is 1. The van der Waals surface area contributed by atoms with E-state index in [1.165, 1.54) is 77.0 Å². The molecule has 32 heavy (non-hydrogen) atoms. The molecule has 0 aliphatic heterocycles. The average Bonchev–Trinajstić information content (AvgIpc) is 2.74. The van der Waals surface area contributed by atoms with Crippen molar-refractivity contribution in [3.05, 3.63) is 0 Å². The molecule has 0 radical (unpaired) electrons. The van der Waals surface area contributed by atoms with Crippen LogP contribution in [0.1, 0.15) is 168 Å². The van der Waals surface area contributed by atoms with E-state index in [2.05, 4.69) is 95.0 Å². The third kappa shape index (κ3) is 37.3. The molecular formula is C31H73N. The summed E-state index contributed by atoms with van der Waals surface area (Å²) in [5.74, 6) is 1.90. The number of nitrogens with zero attached hydrogens (tertiary/aromatic N) is 1. The molecule has 0 aromatic heterocycles. The van der Waals surface area contributed by atoms with Crippen LogP contribution >= 0.6 is 0 Å². The van der Waals surface area contributed by atoms with Crippen LogP contribution in [0, 0.1) is 17.3 Å². The van der Waals surface area contributed by atoms with Crippen LogP contribution in [0.3, 0.4) is 0 Å². The Labute approximate surface area is 209 Å². The fraction of sp³-hybridized carbons (Fsp3) is 1.00. The summed E-state index contributed by atoms with van der Waals surface area (Å²) in [5.41, 5.74) is 0.651. The zero-order valence-electron chi connectivity index (χ0n) is 25.0. The van der Waals surface area contributed by atoms with E-state index in [-0.39, 0.29) is 7.43 Å². The van der Waals surface area contributed by atoms with Gasteiger partial charge in [0.15, 0.2) is 0 Å². The maximum Gasteiger partial charge on any atom is -0.00504 e. The Bertz CT molecular complexity index is 245. The van der Waals surface area contributed by atoms with Crippen LogP contribution in [0.2, 0.25) is 0 Å². The molecule has 0 aliphatic carbocycles. The van der Waals surface area contributed by atoms with Crippen LogP contribution in [-0.4, -0.2) is 25.0 Å². The van der Waals surface area contributed by atoms with Gasteiger partial charge in [0.05, 0.1) is 0 Å². The van der Waals surface area contributed by atoms with Crippen molar-refractivity contribution in [2.45, 2.75) is 168 Å². The van der Waals surface area contributed by atoms with E-state index in [1.807, 2.05) is 0 Å². The Morgan fingerprint density at radius 1 is 0.562 bits per heavy atom. The first-order valence-electron chi connectivity index (χ1n) is 14.3. The summed E-state index contributed by atoms with van der Waals surface area (Å²) < 4.78 is 0. The van der Waals surface area contributed by atoms with Gasteiger partial charge in [-0.1, -0.05) is 148 Å². The lowest BCUT2D eigenvalue weighted by Gasteiger charge is -2.28. The second-order valence-corrected chi connectivity index (χ2v) is 10.2. The topological polar surface area (TPSA) is 3.24 Å².